The molecule has 0 aliphatic heterocycles. The largest absolute Gasteiger partial charge is 0.463 e. The average molecular weight is 332 g/mol. The molecule has 0 spiro atoms. The Morgan fingerprint density at radius 2 is 1.76 bits per heavy atom. The molecule has 0 amide bonds. The van der Waals surface area contributed by atoms with Crippen LogP contribution in [-0.2, 0) is 15.1 Å². The lowest BCUT2D eigenvalue weighted by Gasteiger charge is -2.45. The van der Waals surface area contributed by atoms with Crippen LogP contribution in [0.2, 0.25) is 5.02 Å². The van der Waals surface area contributed by atoms with E-state index in [4.69, 9.17) is 16.3 Å². The van der Waals surface area contributed by atoms with E-state index in [-0.39, 0.29) is 30.0 Å². The zero-order chi connectivity index (χ0) is 14.8. The highest BCUT2D eigenvalue weighted by Gasteiger charge is 2.39. The predicted molar refractivity (Wildman–Crippen MR) is 88.1 cm³/mol. The van der Waals surface area contributed by atoms with Crippen LogP contribution >= 0.6 is 24.0 Å². The number of hydrogen-bond acceptors (Lipinski definition) is 3. The zero-order valence-corrected chi connectivity index (χ0v) is 14.3. The first-order valence-electron chi connectivity index (χ1n) is 7.05. The number of benzene rings is 1. The van der Waals surface area contributed by atoms with Crippen LogP contribution in [0.25, 0.3) is 0 Å². The Morgan fingerprint density at radius 3 is 2.19 bits per heavy atom. The van der Waals surface area contributed by atoms with Crippen molar-refractivity contribution in [3.8, 4) is 0 Å². The molecule has 1 fully saturated rings. The van der Waals surface area contributed by atoms with E-state index in [1.54, 1.807) is 0 Å². The molecule has 0 N–H and O–H groups in total. The van der Waals surface area contributed by atoms with Gasteiger partial charge in [0.2, 0.25) is 0 Å². The number of nitrogens with zero attached hydrogens (tertiary/aromatic N) is 1. The smallest absolute Gasteiger partial charge is 0.302 e. The Kier molecular flexibility index (Phi) is 6.51. The van der Waals surface area contributed by atoms with Gasteiger partial charge in [0.25, 0.3) is 0 Å². The fourth-order valence-corrected chi connectivity index (χ4v) is 3.30. The second kappa shape index (κ2) is 7.48. The van der Waals surface area contributed by atoms with Gasteiger partial charge in [0.1, 0.15) is 6.10 Å². The number of hydrogen-bond donors (Lipinski definition) is 0. The van der Waals surface area contributed by atoms with Crippen molar-refractivity contribution in [1.82, 2.24) is 4.90 Å². The van der Waals surface area contributed by atoms with Gasteiger partial charge in [-0.05, 0) is 57.5 Å². The number of carbonyl (C=O) groups excluding carboxylic acids is 1. The molecule has 0 radical (unpaired) electrons. The van der Waals surface area contributed by atoms with Crippen LogP contribution in [0.3, 0.4) is 0 Å². The Morgan fingerprint density at radius 1 is 1.24 bits per heavy atom. The van der Waals surface area contributed by atoms with Gasteiger partial charge in [-0.3, -0.25) is 9.69 Å². The molecular weight excluding hydrogens is 309 g/mol. The average Bonchev–Trinajstić information content (AvgIpc) is 2.40. The van der Waals surface area contributed by atoms with Crippen LogP contribution in [0.4, 0.5) is 0 Å². The Hall–Kier alpha value is -0.770. The van der Waals surface area contributed by atoms with Gasteiger partial charge in [-0.1, -0.05) is 23.7 Å². The van der Waals surface area contributed by atoms with Crippen molar-refractivity contribution >= 4 is 30.0 Å². The number of rotatable bonds is 3. The summed E-state index contributed by atoms with van der Waals surface area (Å²) in [5.41, 5.74) is 1.30. The molecule has 0 unspecified atom stereocenters. The van der Waals surface area contributed by atoms with Gasteiger partial charge in [-0.2, -0.15) is 0 Å². The zero-order valence-electron chi connectivity index (χ0n) is 12.8. The van der Waals surface area contributed by atoms with Gasteiger partial charge in [-0.15, -0.1) is 12.4 Å². The molecule has 1 aliphatic carbocycles. The van der Waals surface area contributed by atoms with Gasteiger partial charge in [0.15, 0.2) is 0 Å². The number of carbonyl (C=O) groups is 1. The molecular formula is C16H23Cl2NO2. The van der Waals surface area contributed by atoms with E-state index in [0.29, 0.717) is 0 Å². The van der Waals surface area contributed by atoms with Gasteiger partial charge in [-0.25, -0.2) is 0 Å². The molecule has 0 bridgehead atoms. The van der Waals surface area contributed by atoms with Gasteiger partial charge < -0.3 is 4.74 Å². The van der Waals surface area contributed by atoms with Crippen molar-refractivity contribution in [2.75, 3.05) is 14.1 Å². The minimum absolute atomic E-state index is 0. The first kappa shape index (κ1) is 18.3. The molecule has 1 saturated carbocycles. The van der Waals surface area contributed by atoms with Crippen molar-refractivity contribution in [3.63, 3.8) is 0 Å². The fraction of sp³-hybridized carbons (Fsp3) is 0.562. The van der Waals surface area contributed by atoms with Crippen LogP contribution in [0.5, 0.6) is 0 Å². The van der Waals surface area contributed by atoms with Gasteiger partial charge >= 0.3 is 5.97 Å². The first-order valence-corrected chi connectivity index (χ1v) is 7.42. The van der Waals surface area contributed by atoms with E-state index < -0.39 is 0 Å². The highest BCUT2D eigenvalue weighted by Crippen LogP contribution is 2.42. The standard InChI is InChI=1S/C16H22ClNO2.ClH/c1-12(19)20-15-8-10-16(11-9-15,18(2)3)13-4-6-14(17)7-5-13;/h4-7,15H,8-11H2,1-3H3;1H. The normalized spacial score (nSPS) is 25.3. The lowest BCUT2D eigenvalue weighted by atomic mass is 9.74. The quantitative estimate of drug-likeness (QED) is 0.783. The maximum Gasteiger partial charge on any atom is 0.302 e. The number of halogens is 2. The molecule has 0 saturated heterocycles. The van der Waals surface area contributed by atoms with E-state index in [9.17, 15) is 4.79 Å². The highest BCUT2D eigenvalue weighted by molar-refractivity contribution is 6.30. The van der Waals surface area contributed by atoms with Crippen LogP contribution in [0, 0.1) is 0 Å². The summed E-state index contributed by atoms with van der Waals surface area (Å²) in [6, 6.07) is 8.10. The van der Waals surface area contributed by atoms with Crippen molar-refractivity contribution in [2.45, 2.75) is 44.2 Å². The summed E-state index contributed by atoms with van der Waals surface area (Å²) in [5.74, 6) is -0.182. The fourth-order valence-electron chi connectivity index (χ4n) is 3.18. The topological polar surface area (TPSA) is 29.5 Å². The highest BCUT2D eigenvalue weighted by atomic mass is 35.5. The van der Waals surface area contributed by atoms with Crippen molar-refractivity contribution in [2.24, 2.45) is 0 Å². The summed E-state index contributed by atoms with van der Waals surface area (Å²) in [6.45, 7) is 1.48. The van der Waals surface area contributed by atoms with Crippen molar-refractivity contribution in [3.05, 3.63) is 34.9 Å². The SMILES string of the molecule is CC(=O)OC1CCC(c2ccc(Cl)cc2)(N(C)C)CC1.Cl. The lowest BCUT2D eigenvalue weighted by Crippen LogP contribution is -2.45. The number of esters is 1. The molecule has 1 aromatic rings. The third-order valence-electron chi connectivity index (χ3n) is 4.33. The second-order valence-corrected chi connectivity index (χ2v) is 6.18. The molecule has 3 nitrogen and oxygen atoms in total. The van der Waals surface area contributed by atoms with E-state index >= 15 is 0 Å². The summed E-state index contributed by atoms with van der Waals surface area (Å²) >= 11 is 5.98. The van der Waals surface area contributed by atoms with Crippen LogP contribution in [0.1, 0.15) is 38.2 Å². The second-order valence-electron chi connectivity index (χ2n) is 5.74. The maximum atomic E-state index is 11.1. The third kappa shape index (κ3) is 4.12. The third-order valence-corrected chi connectivity index (χ3v) is 4.58. The lowest BCUT2D eigenvalue weighted by molar-refractivity contribution is -0.149. The van der Waals surface area contributed by atoms with Crippen LogP contribution in [0.15, 0.2) is 24.3 Å². The Bertz CT molecular complexity index is 466. The minimum atomic E-state index is -0.182. The molecule has 0 atom stereocenters. The molecule has 0 aromatic heterocycles. The van der Waals surface area contributed by atoms with Crippen molar-refractivity contribution in [1.29, 1.82) is 0 Å². The molecule has 5 heteroatoms. The van der Waals surface area contributed by atoms with E-state index in [1.807, 2.05) is 12.1 Å². The minimum Gasteiger partial charge on any atom is -0.463 e. The first-order chi connectivity index (χ1) is 9.44. The van der Waals surface area contributed by atoms with Gasteiger partial charge in [0, 0.05) is 17.5 Å². The van der Waals surface area contributed by atoms with Crippen LogP contribution in [-0.4, -0.2) is 31.1 Å². The predicted octanol–water partition coefficient (Wildman–Crippen LogP) is 4.02. The van der Waals surface area contributed by atoms with E-state index in [0.717, 1.165) is 30.7 Å². The molecule has 118 valence electrons. The van der Waals surface area contributed by atoms with E-state index in [2.05, 4.69) is 31.1 Å². The summed E-state index contributed by atoms with van der Waals surface area (Å²) < 4.78 is 5.34. The molecule has 1 aliphatic rings. The molecule has 21 heavy (non-hydrogen) atoms. The van der Waals surface area contributed by atoms with Gasteiger partial charge in [0.05, 0.1) is 0 Å². The molecule has 1 aromatic carbocycles. The number of ether oxygens (including phenoxy) is 1. The maximum absolute atomic E-state index is 11.1. The van der Waals surface area contributed by atoms with Crippen molar-refractivity contribution < 1.29 is 9.53 Å². The summed E-state index contributed by atoms with van der Waals surface area (Å²) in [4.78, 5) is 13.3. The molecule has 2 rings (SSSR count). The Balaban J connectivity index is 0.00000220. The summed E-state index contributed by atoms with van der Waals surface area (Å²) in [7, 11) is 4.22. The van der Waals surface area contributed by atoms with Crippen LogP contribution < -0.4 is 0 Å². The Labute approximate surface area is 138 Å². The monoisotopic (exact) mass is 331 g/mol. The molecule has 0 heterocycles. The summed E-state index contributed by atoms with van der Waals surface area (Å²) in [5, 5.41) is 0.760. The summed E-state index contributed by atoms with van der Waals surface area (Å²) in [6.07, 6.45) is 3.84. The van der Waals surface area contributed by atoms with E-state index in [1.165, 1.54) is 12.5 Å².